The van der Waals surface area contributed by atoms with Crippen LogP contribution in [-0.2, 0) is 4.74 Å². The van der Waals surface area contributed by atoms with E-state index in [0.717, 1.165) is 38.3 Å². The van der Waals surface area contributed by atoms with Gasteiger partial charge in [-0.1, -0.05) is 20.8 Å². The molecule has 1 saturated carbocycles. The molecule has 1 aliphatic carbocycles. The van der Waals surface area contributed by atoms with Gasteiger partial charge >= 0.3 is 0 Å². The van der Waals surface area contributed by atoms with Gasteiger partial charge < -0.3 is 10.1 Å². The van der Waals surface area contributed by atoms with E-state index in [0.29, 0.717) is 23.1 Å². The third-order valence-corrected chi connectivity index (χ3v) is 4.81. The minimum atomic E-state index is 0.301. The van der Waals surface area contributed by atoms with Gasteiger partial charge in [0.05, 0.1) is 6.10 Å². The Balaban J connectivity index is 1.80. The third kappa shape index (κ3) is 5.22. The number of rotatable bonds is 4. The highest BCUT2D eigenvalue weighted by molar-refractivity contribution is 7.80. The molecule has 1 aliphatic heterocycles. The molecule has 2 rings (SSSR count). The first kappa shape index (κ1) is 16.7. The van der Waals surface area contributed by atoms with Crippen LogP contribution in [0.3, 0.4) is 0 Å². The van der Waals surface area contributed by atoms with Gasteiger partial charge in [-0.25, -0.2) is 0 Å². The Bertz CT molecular complexity index is 378. The lowest BCUT2D eigenvalue weighted by atomic mass is 9.76. The van der Waals surface area contributed by atoms with E-state index in [1.165, 1.54) is 18.6 Å². The number of thiocarbonyl (C=S) groups is 1. The zero-order valence-corrected chi connectivity index (χ0v) is 14.3. The third-order valence-electron chi connectivity index (χ3n) is 4.58. The van der Waals surface area contributed by atoms with Crippen molar-refractivity contribution in [2.24, 2.45) is 22.9 Å². The number of hydrazone groups is 1. The second-order valence-electron chi connectivity index (χ2n) is 6.80. The lowest BCUT2D eigenvalue weighted by Gasteiger charge is -2.30. The molecule has 2 N–H and O–H groups in total. The van der Waals surface area contributed by atoms with E-state index < -0.39 is 0 Å². The molecule has 4 nitrogen and oxygen atoms in total. The van der Waals surface area contributed by atoms with Crippen LogP contribution in [0.4, 0.5) is 0 Å². The molecule has 21 heavy (non-hydrogen) atoms. The maximum absolute atomic E-state index is 5.57. The molecule has 1 heterocycles. The predicted molar refractivity (Wildman–Crippen MR) is 91.5 cm³/mol. The van der Waals surface area contributed by atoms with Crippen LogP contribution in [0.15, 0.2) is 5.10 Å². The fourth-order valence-corrected chi connectivity index (χ4v) is 3.39. The SMILES string of the molecule is CC(C)[C@H]1CC[C@H](C)CC1=NNC(=S)NC[C@@H]1CCCO1. The highest BCUT2D eigenvalue weighted by Crippen LogP contribution is 2.31. The van der Waals surface area contributed by atoms with Crippen molar-refractivity contribution in [3.05, 3.63) is 0 Å². The zero-order chi connectivity index (χ0) is 15.2. The Morgan fingerprint density at radius 3 is 2.86 bits per heavy atom. The van der Waals surface area contributed by atoms with Crippen LogP contribution in [-0.4, -0.2) is 30.1 Å². The van der Waals surface area contributed by atoms with E-state index in [1.54, 1.807) is 0 Å². The van der Waals surface area contributed by atoms with E-state index in [-0.39, 0.29) is 0 Å². The number of ether oxygens (including phenoxy) is 1. The Morgan fingerprint density at radius 1 is 1.38 bits per heavy atom. The Morgan fingerprint density at radius 2 is 2.19 bits per heavy atom. The smallest absolute Gasteiger partial charge is 0.187 e. The molecule has 2 aliphatic rings. The quantitative estimate of drug-likeness (QED) is 0.619. The van der Waals surface area contributed by atoms with Gasteiger partial charge in [0.1, 0.15) is 0 Å². The first-order valence-corrected chi connectivity index (χ1v) is 8.69. The van der Waals surface area contributed by atoms with Gasteiger partial charge in [-0.15, -0.1) is 0 Å². The van der Waals surface area contributed by atoms with Gasteiger partial charge in [-0.05, 0) is 56.2 Å². The number of hydrogen-bond acceptors (Lipinski definition) is 3. The van der Waals surface area contributed by atoms with Gasteiger partial charge in [-0.2, -0.15) is 5.10 Å². The topological polar surface area (TPSA) is 45.7 Å². The summed E-state index contributed by atoms with van der Waals surface area (Å²) >= 11 is 5.31. The highest BCUT2D eigenvalue weighted by atomic mass is 32.1. The van der Waals surface area contributed by atoms with E-state index in [4.69, 9.17) is 17.0 Å². The van der Waals surface area contributed by atoms with E-state index in [9.17, 15) is 0 Å². The summed E-state index contributed by atoms with van der Waals surface area (Å²) in [6, 6.07) is 0. The average molecular weight is 311 g/mol. The van der Waals surface area contributed by atoms with Crippen molar-refractivity contribution in [2.45, 2.75) is 59.0 Å². The molecule has 0 amide bonds. The van der Waals surface area contributed by atoms with Crippen LogP contribution in [0.25, 0.3) is 0 Å². The summed E-state index contributed by atoms with van der Waals surface area (Å²) < 4.78 is 5.57. The molecule has 120 valence electrons. The summed E-state index contributed by atoms with van der Waals surface area (Å²) in [5.74, 6) is 1.97. The predicted octanol–water partition coefficient (Wildman–Crippen LogP) is 3.08. The van der Waals surface area contributed by atoms with Crippen LogP contribution in [0.1, 0.15) is 52.9 Å². The van der Waals surface area contributed by atoms with E-state index in [1.807, 2.05) is 0 Å². The standard InChI is InChI=1S/C16H29N3OS/c1-11(2)14-7-6-12(3)9-15(14)18-19-16(21)17-10-13-5-4-8-20-13/h11-14H,4-10H2,1-3H3,(H2,17,19,21)/t12-,13-,14+/m0/s1. The first-order valence-electron chi connectivity index (χ1n) is 8.28. The fourth-order valence-electron chi connectivity index (χ4n) is 3.26. The van der Waals surface area contributed by atoms with Crippen LogP contribution in [0.2, 0.25) is 0 Å². The van der Waals surface area contributed by atoms with Crippen LogP contribution in [0, 0.1) is 17.8 Å². The molecule has 5 heteroatoms. The number of nitrogens with zero attached hydrogens (tertiary/aromatic N) is 1. The highest BCUT2D eigenvalue weighted by Gasteiger charge is 2.27. The van der Waals surface area contributed by atoms with Crippen LogP contribution < -0.4 is 10.7 Å². The lowest BCUT2D eigenvalue weighted by molar-refractivity contribution is 0.114. The Kier molecular flexibility index (Phi) is 6.42. The van der Waals surface area contributed by atoms with Crippen molar-refractivity contribution >= 4 is 23.0 Å². The molecule has 0 spiro atoms. The zero-order valence-electron chi connectivity index (χ0n) is 13.5. The van der Waals surface area contributed by atoms with Gasteiger partial charge in [0.25, 0.3) is 0 Å². The van der Waals surface area contributed by atoms with Crippen molar-refractivity contribution in [3.63, 3.8) is 0 Å². The van der Waals surface area contributed by atoms with E-state index >= 15 is 0 Å². The molecule has 0 aromatic carbocycles. The second-order valence-corrected chi connectivity index (χ2v) is 7.21. The largest absolute Gasteiger partial charge is 0.376 e. The van der Waals surface area contributed by atoms with Gasteiger partial charge in [0, 0.05) is 24.8 Å². The molecule has 0 radical (unpaired) electrons. The lowest BCUT2D eigenvalue weighted by Crippen LogP contribution is -2.38. The van der Waals surface area contributed by atoms with Crippen molar-refractivity contribution in [3.8, 4) is 0 Å². The normalized spacial score (nSPS) is 31.6. The minimum absolute atomic E-state index is 0.301. The molecule has 0 aromatic heterocycles. The number of hydrogen-bond donors (Lipinski definition) is 2. The fraction of sp³-hybridized carbons (Fsp3) is 0.875. The monoisotopic (exact) mass is 311 g/mol. The van der Waals surface area contributed by atoms with Crippen LogP contribution in [0.5, 0.6) is 0 Å². The number of nitrogens with one attached hydrogen (secondary N) is 2. The molecule has 0 aromatic rings. The molecule has 2 fully saturated rings. The Hall–Kier alpha value is -0.680. The maximum Gasteiger partial charge on any atom is 0.187 e. The summed E-state index contributed by atoms with van der Waals surface area (Å²) in [5.41, 5.74) is 4.32. The Labute approximate surface area is 134 Å². The maximum atomic E-state index is 5.57. The van der Waals surface area contributed by atoms with Crippen molar-refractivity contribution in [1.82, 2.24) is 10.7 Å². The van der Waals surface area contributed by atoms with Crippen LogP contribution >= 0.6 is 12.2 Å². The summed E-state index contributed by atoms with van der Waals surface area (Å²) in [6.07, 6.45) is 6.22. The van der Waals surface area contributed by atoms with Gasteiger partial charge in [0.15, 0.2) is 5.11 Å². The molecular formula is C16H29N3OS. The molecule has 1 saturated heterocycles. The van der Waals surface area contributed by atoms with Gasteiger partial charge in [0.2, 0.25) is 0 Å². The summed E-state index contributed by atoms with van der Waals surface area (Å²) in [6.45, 7) is 8.53. The minimum Gasteiger partial charge on any atom is -0.376 e. The van der Waals surface area contributed by atoms with Gasteiger partial charge in [-0.3, -0.25) is 5.43 Å². The molecule has 0 unspecified atom stereocenters. The first-order chi connectivity index (χ1) is 10.1. The summed E-state index contributed by atoms with van der Waals surface area (Å²) in [5, 5.41) is 8.42. The molecular weight excluding hydrogens is 282 g/mol. The summed E-state index contributed by atoms with van der Waals surface area (Å²) in [7, 11) is 0. The second kappa shape index (κ2) is 8.08. The van der Waals surface area contributed by atoms with Crippen molar-refractivity contribution < 1.29 is 4.74 Å². The molecule has 0 bridgehead atoms. The summed E-state index contributed by atoms with van der Waals surface area (Å²) in [4.78, 5) is 0. The van der Waals surface area contributed by atoms with Crippen molar-refractivity contribution in [1.29, 1.82) is 0 Å². The molecule has 3 atom stereocenters. The van der Waals surface area contributed by atoms with E-state index in [2.05, 4.69) is 36.6 Å². The average Bonchev–Trinajstić information content (AvgIpc) is 2.96. The van der Waals surface area contributed by atoms with Crippen molar-refractivity contribution in [2.75, 3.05) is 13.2 Å².